The van der Waals surface area contributed by atoms with E-state index in [0.29, 0.717) is 0 Å². The van der Waals surface area contributed by atoms with Crippen molar-refractivity contribution >= 4 is 29.2 Å². The lowest BCUT2D eigenvalue weighted by Crippen LogP contribution is -2.49. The van der Waals surface area contributed by atoms with Crippen LogP contribution in [0.2, 0.25) is 13.1 Å². The van der Waals surface area contributed by atoms with Crippen LogP contribution in [-0.2, 0) is 0 Å². The monoisotopic (exact) mass is 410 g/mol. The minimum Gasteiger partial charge on any atom is -0.0622 e. The van der Waals surface area contributed by atoms with Gasteiger partial charge in [0.15, 0.2) is 0 Å². The molecule has 0 aromatic heterocycles. The van der Waals surface area contributed by atoms with Crippen LogP contribution in [0.15, 0.2) is 97.1 Å². The molecule has 1 heterocycles. The molecular formula is C30H22Si. The van der Waals surface area contributed by atoms with E-state index < -0.39 is 8.07 Å². The molecule has 7 rings (SSSR count). The molecule has 31 heavy (non-hydrogen) atoms. The van der Waals surface area contributed by atoms with Gasteiger partial charge in [-0.15, -0.1) is 0 Å². The van der Waals surface area contributed by atoms with Crippen molar-refractivity contribution in [2.75, 3.05) is 0 Å². The van der Waals surface area contributed by atoms with Crippen molar-refractivity contribution in [3.8, 4) is 44.5 Å². The molecule has 0 nitrogen and oxygen atoms in total. The fourth-order valence-electron chi connectivity index (χ4n) is 6.00. The topological polar surface area (TPSA) is 0 Å². The van der Waals surface area contributed by atoms with Crippen molar-refractivity contribution in [1.29, 1.82) is 0 Å². The molecule has 1 aliphatic carbocycles. The van der Waals surface area contributed by atoms with Crippen LogP contribution in [0.5, 0.6) is 0 Å². The van der Waals surface area contributed by atoms with Gasteiger partial charge in [0.1, 0.15) is 8.07 Å². The molecule has 146 valence electrons. The Morgan fingerprint density at radius 3 is 2.00 bits per heavy atom. The highest BCUT2D eigenvalue weighted by Crippen LogP contribution is 2.49. The maximum Gasteiger partial charge on any atom is 0.114 e. The summed E-state index contributed by atoms with van der Waals surface area (Å²) in [4.78, 5) is 0. The third-order valence-corrected chi connectivity index (χ3v) is 10.9. The van der Waals surface area contributed by atoms with Crippen LogP contribution in [0.25, 0.3) is 55.3 Å². The van der Waals surface area contributed by atoms with Gasteiger partial charge in [0.2, 0.25) is 0 Å². The van der Waals surface area contributed by atoms with E-state index in [1.165, 1.54) is 55.3 Å². The van der Waals surface area contributed by atoms with Gasteiger partial charge in [0.05, 0.1) is 0 Å². The van der Waals surface area contributed by atoms with Crippen LogP contribution in [0, 0.1) is 0 Å². The molecule has 0 unspecified atom stereocenters. The molecule has 0 saturated carbocycles. The first-order chi connectivity index (χ1) is 15.1. The van der Waals surface area contributed by atoms with Crippen molar-refractivity contribution < 1.29 is 0 Å². The third-order valence-electron chi connectivity index (χ3n) is 7.38. The fourth-order valence-corrected chi connectivity index (χ4v) is 9.44. The van der Waals surface area contributed by atoms with Crippen LogP contribution < -0.4 is 10.4 Å². The fraction of sp³-hybridized carbons (Fsp3) is 0.0667. The summed E-state index contributed by atoms with van der Waals surface area (Å²) < 4.78 is 0. The molecule has 0 bridgehead atoms. The second kappa shape index (κ2) is 5.84. The van der Waals surface area contributed by atoms with Crippen molar-refractivity contribution in [2.45, 2.75) is 13.1 Å². The Hall–Kier alpha value is -3.42. The van der Waals surface area contributed by atoms with E-state index in [9.17, 15) is 0 Å². The molecule has 0 amide bonds. The average molecular weight is 411 g/mol. The predicted octanol–water partition coefficient (Wildman–Crippen LogP) is 6.96. The average Bonchev–Trinajstić information content (AvgIpc) is 3.25. The van der Waals surface area contributed by atoms with Crippen molar-refractivity contribution in [3.05, 3.63) is 97.1 Å². The molecule has 0 fully saturated rings. The standard InChI is InChI=1S/C30H22Si/c1-31(2)28-17-20(19-9-4-3-5-10-19)15-16-23(28)27-18-26-22-12-7-6-11-21(22)24-13-8-14-25(29(24)26)30(27)31/h3-18H,1-2H3. The van der Waals surface area contributed by atoms with Crippen molar-refractivity contribution in [3.63, 3.8) is 0 Å². The van der Waals surface area contributed by atoms with E-state index in [2.05, 4.69) is 110 Å². The molecule has 0 N–H and O–H groups in total. The highest BCUT2D eigenvalue weighted by atomic mass is 28.3. The molecule has 0 radical (unpaired) electrons. The van der Waals surface area contributed by atoms with Crippen LogP contribution in [0.1, 0.15) is 0 Å². The van der Waals surface area contributed by atoms with Gasteiger partial charge in [0, 0.05) is 0 Å². The molecule has 0 atom stereocenters. The Balaban J connectivity index is 1.55. The van der Waals surface area contributed by atoms with Gasteiger partial charge in [-0.2, -0.15) is 0 Å². The summed E-state index contributed by atoms with van der Waals surface area (Å²) >= 11 is 0. The molecule has 0 saturated heterocycles. The second-order valence-electron chi connectivity index (χ2n) is 9.37. The summed E-state index contributed by atoms with van der Waals surface area (Å²) in [7, 11) is -1.83. The van der Waals surface area contributed by atoms with Crippen molar-refractivity contribution in [2.24, 2.45) is 0 Å². The minimum atomic E-state index is -1.83. The smallest absolute Gasteiger partial charge is 0.0622 e. The number of fused-ring (bicyclic) bond motifs is 7. The van der Waals surface area contributed by atoms with E-state index in [-0.39, 0.29) is 0 Å². The summed E-state index contributed by atoms with van der Waals surface area (Å²) in [5, 5.41) is 6.11. The van der Waals surface area contributed by atoms with E-state index in [1.54, 1.807) is 10.4 Å². The highest BCUT2D eigenvalue weighted by molar-refractivity contribution is 7.05. The number of rotatable bonds is 1. The first kappa shape index (κ1) is 17.3. The normalized spacial score (nSPS) is 14.4. The third kappa shape index (κ3) is 2.14. The number of hydrogen-bond donors (Lipinski definition) is 0. The van der Waals surface area contributed by atoms with Crippen LogP contribution in [0.4, 0.5) is 0 Å². The Kier molecular flexibility index (Phi) is 3.25. The summed E-state index contributed by atoms with van der Waals surface area (Å²) in [5.41, 5.74) is 11.1. The van der Waals surface area contributed by atoms with E-state index in [4.69, 9.17) is 0 Å². The summed E-state index contributed by atoms with van der Waals surface area (Å²) in [5.74, 6) is 0. The minimum absolute atomic E-state index is 1.30. The number of benzene rings is 5. The van der Waals surface area contributed by atoms with E-state index >= 15 is 0 Å². The SMILES string of the molecule is C[Si]1(C)c2cc(-c3ccccc3)ccc2-c2cc3c4c(cccc4c21)-c1ccccc1-3. The Labute approximate surface area is 183 Å². The van der Waals surface area contributed by atoms with Gasteiger partial charge in [-0.25, -0.2) is 0 Å². The molecular weight excluding hydrogens is 388 g/mol. The molecule has 1 aliphatic heterocycles. The van der Waals surface area contributed by atoms with Gasteiger partial charge in [-0.3, -0.25) is 0 Å². The zero-order chi connectivity index (χ0) is 20.7. The number of hydrogen-bond acceptors (Lipinski definition) is 0. The zero-order valence-electron chi connectivity index (χ0n) is 17.7. The molecule has 2 aliphatic rings. The quantitative estimate of drug-likeness (QED) is 0.257. The lowest BCUT2D eigenvalue weighted by Gasteiger charge is -2.22. The van der Waals surface area contributed by atoms with Gasteiger partial charge in [-0.05, 0) is 71.7 Å². The summed E-state index contributed by atoms with van der Waals surface area (Å²) in [6.45, 7) is 5.06. The Morgan fingerprint density at radius 2 is 1.19 bits per heavy atom. The maximum atomic E-state index is 2.53. The second-order valence-corrected chi connectivity index (χ2v) is 13.7. The highest BCUT2D eigenvalue weighted by Gasteiger charge is 2.40. The van der Waals surface area contributed by atoms with E-state index in [0.717, 1.165) is 0 Å². The lowest BCUT2D eigenvalue weighted by atomic mass is 9.95. The largest absolute Gasteiger partial charge is 0.114 e. The van der Waals surface area contributed by atoms with Gasteiger partial charge in [0.25, 0.3) is 0 Å². The molecule has 5 aromatic rings. The molecule has 0 spiro atoms. The van der Waals surface area contributed by atoms with Crippen LogP contribution in [0.3, 0.4) is 0 Å². The van der Waals surface area contributed by atoms with Gasteiger partial charge < -0.3 is 0 Å². The summed E-state index contributed by atoms with van der Waals surface area (Å²) in [6.07, 6.45) is 0. The first-order valence-corrected chi connectivity index (χ1v) is 14.0. The van der Waals surface area contributed by atoms with E-state index in [1.807, 2.05) is 0 Å². The first-order valence-electron chi connectivity index (χ1n) is 11.0. The van der Waals surface area contributed by atoms with Gasteiger partial charge >= 0.3 is 0 Å². The Bertz CT molecular complexity index is 1540. The maximum absolute atomic E-state index is 2.53. The predicted molar refractivity (Wildman–Crippen MR) is 136 cm³/mol. The molecule has 1 heteroatoms. The summed E-state index contributed by atoms with van der Waals surface area (Å²) in [6, 6.07) is 36.3. The lowest BCUT2D eigenvalue weighted by molar-refractivity contribution is 1.63. The van der Waals surface area contributed by atoms with Crippen LogP contribution >= 0.6 is 0 Å². The Morgan fingerprint density at radius 1 is 0.484 bits per heavy atom. The van der Waals surface area contributed by atoms with Gasteiger partial charge in [-0.1, -0.05) is 104 Å². The molecule has 5 aromatic carbocycles. The van der Waals surface area contributed by atoms with Crippen LogP contribution in [-0.4, -0.2) is 8.07 Å². The zero-order valence-corrected chi connectivity index (χ0v) is 18.7. The van der Waals surface area contributed by atoms with Crippen molar-refractivity contribution in [1.82, 2.24) is 0 Å².